The number of amides is 3. The van der Waals surface area contributed by atoms with Crippen LogP contribution in [-0.4, -0.2) is 538 Å². The largest absolute Gasteiger partial charge is 3.00 e. The van der Waals surface area contributed by atoms with Gasteiger partial charge in [0.2, 0.25) is 17.7 Å². The quantitative estimate of drug-likeness (QED) is 0.0274. The molecule has 4 saturated heterocycles. The Morgan fingerprint density at radius 2 is 0.331 bits per heavy atom. The zero-order valence-electron chi connectivity index (χ0n) is 67.7. The Labute approximate surface area is 830 Å². The maximum absolute atomic E-state index is 15.0. The van der Waals surface area contributed by atoms with Crippen molar-refractivity contribution in [2.24, 2.45) is 5.41 Å². The molecule has 0 spiro atoms. The average Bonchev–Trinajstić information content (AvgIpc) is 0.841. The summed E-state index contributed by atoms with van der Waals surface area (Å²) in [5.41, 5.74) is -1.66. The average molecular weight is 2300 g/mol. The molecule has 684 valence electrons. The second-order valence-corrected chi connectivity index (χ2v) is 29.9. The summed E-state index contributed by atoms with van der Waals surface area (Å²) in [6.45, 7) is -10.2. The summed E-state index contributed by atoms with van der Waals surface area (Å²) in [6, 6.07) is 0. The topological polar surface area (TPSA) is 621 Å². The molecule has 3 amide bonds. The van der Waals surface area contributed by atoms with Crippen LogP contribution in [-0.2, 0) is 76.7 Å². The number of hydrogen-bond donors (Lipinski definition) is 9. The molecule has 0 aromatic carbocycles. The Balaban J connectivity index is 0.0000360. The summed E-state index contributed by atoms with van der Waals surface area (Å²) in [7, 11) is 0. The van der Waals surface area contributed by atoms with Crippen molar-refractivity contribution in [3.05, 3.63) is 0 Å². The molecule has 0 atom stereocenters. The summed E-state index contributed by atoms with van der Waals surface area (Å²) in [5.74, 6) is -18.8. The van der Waals surface area contributed by atoms with Crippen LogP contribution in [0.4, 0.5) is 0 Å². The number of nitrogens with zero attached hydrogens (tertiary/aromatic N) is 16. The maximum atomic E-state index is 15.0. The van der Waals surface area contributed by atoms with Crippen molar-refractivity contribution in [1.29, 1.82) is 0 Å². The Bertz CT molecular complexity index is 2740. The first-order valence-electron chi connectivity index (χ1n) is 38.7. The Morgan fingerprint density at radius 3 is 0.463 bits per heavy atom. The number of nitrogens with one attached hydrogen (secondary N) is 3. The second-order valence-electron chi connectivity index (χ2n) is 29.9. The monoisotopic (exact) mass is 2300 g/mol. The van der Waals surface area contributed by atoms with Crippen molar-refractivity contribution >= 4 is 95.1 Å². The van der Waals surface area contributed by atoms with Gasteiger partial charge in [0, 0.05) is 280 Å². The third-order valence-corrected chi connectivity index (χ3v) is 20.4. The molecular weight excluding hydrogens is 2180 g/mol. The van der Waals surface area contributed by atoms with Crippen LogP contribution in [0.1, 0.15) is 12.8 Å². The number of Topliss-reactive ketones (excluding diaryl/α,β-unsaturated/α-hetero) is 1. The minimum Gasteiger partial charge on any atom is -0.549 e. The Morgan fingerprint density at radius 1 is 0.207 bits per heavy atom. The van der Waals surface area contributed by atoms with Gasteiger partial charge in [-0.25, -0.2) is 0 Å². The van der Waals surface area contributed by atoms with Gasteiger partial charge >= 0.3 is 196 Å². The molecule has 0 aromatic heterocycles. The zero-order valence-corrected chi connectivity index (χ0v) is 76.8. The molecular formula is C70H115Gd4N19O28+6. The molecule has 0 bridgehead atoms. The van der Waals surface area contributed by atoms with Gasteiger partial charge in [0.05, 0.1) is 101 Å². The fraction of sp³-hybridized carbons (Fsp3) is 0.771. The van der Waals surface area contributed by atoms with Crippen LogP contribution in [0.3, 0.4) is 0 Å². The van der Waals surface area contributed by atoms with Gasteiger partial charge < -0.3 is 106 Å². The van der Waals surface area contributed by atoms with Crippen LogP contribution in [0.15, 0.2) is 0 Å². The molecule has 4 radical (unpaired) electrons. The number of hydrogen-bond acceptors (Lipinski definition) is 38. The van der Waals surface area contributed by atoms with Crippen molar-refractivity contribution in [2.75, 3.05) is 334 Å². The van der Waals surface area contributed by atoms with Gasteiger partial charge in [-0.2, -0.15) is 0 Å². The summed E-state index contributed by atoms with van der Waals surface area (Å²) in [6.07, 6.45) is -0.733. The van der Waals surface area contributed by atoms with E-state index in [1.165, 1.54) is 58.8 Å². The number of carboxylic acids is 12. The minimum absolute atomic E-state index is 0. The summed E-state index contributed by atoms with van der Waals surface area (Å²) >= 11 is 0. The maximum Gasteiger partial charge on any atom is 3.00 e. The first kappa shape index (κ1) is 117. The molecule has 0 aliphatic carbocycles. The van der Waals surface area contributed by atoms with Gasteiger partial charge in [-0.1, -0.05) is 0 Å². The normalized spacial score (nSPS) is 19.0. The van der Waals surface area contributed by atoms with E-state index in [2.05, 4.69) is 16.0 Å². The van der Waals surface area contributed by atoms with Crippen molar-refractivity contribution in [2.45, 2.75) is 12.8 Å². The van der Waals surface area contributed by atoms with E-state index >= 15 is 0 Å². The number of aliphatic carboxylic acids is 12. The third kappa shape index (κ3) is 56.3. The van der Waals surface area contributed by atoms with Gasteiger partial charge in [-0.3, -0.25) is 126 Å². The van der Waals surface area contributed by atoms with Gasteiger partial charge in [-0.15, -0.1) is 0 Å². The van der Waals surface area contributed by atoms with Crippen LogP contribution in [0.2, 0.25) is 0 Å². The van der Waals surface area contributed by atoms with Crippen LogP contribution in [0.25, 0.3) is 0 Å². The summed E-state index contributed by atoms with van der Waals surface area (Å²) in [5, 5.41) is 140. The van der Waals surface area contributed by atoms with Crippen LogP contribution in [0.5, 0.6) is 0 Å². The van der Waals surface area contributed by atoms with E-state index in [4.69, 9.17) is 0 Å². The number of ketones is 1. The van der Waals surface area contributed by atoms with Crippen molar-refractivity contribution in [1.82, 2.24) is 94.3 Å². The molecule has 121 heavy (non-hydrogen) atoms. The summed E-state index contributed by atoms with van der Waals surface area (Å²) < 4.78 is 0. The van der Waals surface area contributed by atoms with Crippen molar-refractivity contribution in [3.63, 3.8) is 0 Å². The summed E-state index contributed by atoms with van der Waals surface area (Å²) in [4.78, 5) is 228. The molecule has 9 N–H and O–H groups in total. The molecule has 47 nitrogen and oxygen atoms in total. The predicted molar refractivity (Wildman–Crippen MR) is 395 cm³/mol. The van der Waals surface area contributed by atoms with E-state index in [9.17, 15) is 138 Å². The van der Waals surface area contributed by atoms with E-state index in [-0.39, 0.29) is 382 Å². The van der Waals surface area contributed by atoms with E-state index < -0.39 is 225 Å². The molecule has 4 aliphatic heterocycles. The number of carboxylic acid groups (broad SMARTS) is 12. The van der Waals surface area contributed by atoms with Crippen LogP contribution >= 0.6 is 0 Å². The molecule has 4 heterocycles. The zero-order chi connectivity index (χ0) is 86.6. The van der Waals surface area contributed by atoms with E-state index in [1.807, 2.05) is 0 Å². The van der Waals surface area contributed by atoms with Crippen LogP contribution in [0, 0.1) is 165 Å². The molecule has 0 unspecified atom stereocenters. The standard InChI is InChI=1S/C70H121N19O28.4Gd/c90-54(35-74-3-11-78(39-58(94)95)19-27-86(47-66(110)111)28-20-79(12-4-74)40-59(96)97)1-2-70(51-71-55(91)36-75-5-13-80(41-60(98)99)21-29-87(48-67(112)113)30-22-81(14-6-75)42-61(100)101,52-72-56(92)37-76-7-15-82(43-62(102)103)23-31-88(49-68(114)115)32-24-83(16-8-76)44-63(104)105)53-73-57(93)38-77-9-17-84(45-64(106)107)25-33-89(50-69(116)117)34-26-85(18-10-77)46-65(108)109;;;;/h1-53H2,(H,71,91)(H,72,92)(H,73,93)(H,94,95)(H,96,97)(H,98,99)(H,100,101)(H,102,103)(H,104,105)(H,106,107)(H,108,109)(H,110,111)(H,112,113)(H,114,115)(H,116,117);;;;/q;4*+3/p-6. The molecule has 4 fully saturated rings. The number of rotatable bonds is 41. The fourth-order valence-electron chi connectivity index (χ4n) is 13.9. The first-order valence-corrected chi connectivity index (χ1v) is 38.7. The molecule has 0 aromatic rings. The van der Waals surface area contributed by atoms with E-state index in [1.54, 1.807) is 19.6 Å². The molecule has 4 rings (SSSR count). The van der Waals surface area contributed by atoms with Crippen LogP contribution < -0.4 is 46.6 Å². The van der Waals surface area contributed by atoms with Crippen molar-refractivity contribution in [3.8, 4) is 0 Å². The molecule has 4 aliphatic rings. The number of carbonyl (C=O) groups is 16. The smallest absolute Gasteiger partial charge is 0.549 e. The second kappa shape index (κ2) is 65.0. The van der Waals surface area contributed by atoms with Gasteiger partial charge in [-0.05, 0) is 6.42 Å². The van der Waals surface area contributed by atoms with Crippen molar-refractivity contribution < 1.29 is 298 Å². The fourth-order valence-corrected chi connectivity index (χ4v) is 13.9. The van der Waals surface area contributed by atoms with Gasteiger partial charge in [0.1, 0.15) is 5.78 Å². The third-order valence-electron chi connectivity index (χ3n) is 20.4. The Hall–Kier alpha value is -3.62. The van der Waals surface area contributed by atoms with E-state index in [0.717, 1.165) is 0 Å². The predicted octanol–water partition coefficient (Wildman–Crippen LogP) is -18.4. The first-order chi connectivity index (χ1) is 55.3. The van der Waals surface area contributed by atoms with Gasteiger partial charge in [0.15, 0.2) is 0 Å². The molecule has 0 saturated carbocycles. The van der Waals surface area contributed by atoms with E-state index in [0.29, 0.717) is 0 Å². The number of carbonyl (C=O) groups excluding carboxylic acids is 10. The SMILES string of the molecule is O=C([O-])CN1CCN(CC(=O)[O-])CCN(CC(=O)NCC(CCC(=O)CN2CCN(CC(=O)[O-])CCN(CC(=O)O)CCN(CC(=O)O)CC2)(CNC(=O)CN2CCN(CC(=O)[O-])CCN(CC(=O)[O-])CCN(CC(=O)O)CC2)CNC(=O)CN2CCN(CC(=O)[O-])CCN(CC(=O)O)CCN(CC(=O)O)CC2)CCN(CC(=O)O)CC1.[Gd+3].[Gd+3].[Gd+3].[Gd+3]. The van der Waals surface area contributed by atoms with Gasteiger partial charge in [0.25, 0.3) is 0 Å². The Kier molecular flexibility index (Phi) is 63.1. The molecule has 51 heteroatoms. The minimum atomic E-state index is -1.66.